The number of methoxy groups -OCH3 is 1. The standard InChI is InChI=1S/C32H35NO6/c1-6-38-26-9-7-8-22(17-26)18-33-29(23-10-13-25(37-5)14-11-23)28(31(35)32(33)36)30(34)24-12-15-27(21(4)16-24)39-19-20(2)3/h7-17,20,29,34H,6,18-19H2,1-5H3/b30-28-. The van der Waals surface area contributed by atoms with Crippen LogP contribution >= 0.6 is 0 Å². The Bertz CT molecular complexity index is 1380. The Balaban J connectivity index is 1.78. The normalized spacial score (nSPS) is 16.6. The lowest BCUT2D eigenvalue weighted by molar-refractivity contribution is -0.140. The molecule has 3 aromatic rings. The second-order valence-corrected chi connectivity index (χ2v) is 9.97. The molecule has 0 radical (unpaired) electrons. The van der Waals surface area contributed by atoms with E-state index >= 15 is 0 Å². The van der Waals surface area contributed by atoms with E-state index in [1.54, 1.807) is 49.6 Å². The summed E-state index contributed by atoms with van der Waals surface area (Å²) < 4.78 is 16.8. The first-order chi connectivity index (χ1) is 18.7. The molecule has 1 atom stereocenters. The zero-order valence-corrected chi connectivity index (χ0v) is 23.1. The van der Waals surface area contributed by atoms with E-state index < -0.39 is 17.7 Å². The number of nitrogens with zero attached hydrogens (tertiary/aromatic N) is 1. The van der Waals surface area contributed by atoms with Crippen molar-refractivity contribution in [3.8, 4) is 17.2 Å². The van der Waals surface area contributed by atoms with E-state index in [2.05, 4.69) is 13.8 Å². The fourth-order valence-corrected chi connectivity index (χ4v) is 4.64. The summed E-state index contributed by atoms with van der Waals surface area (Å²) in [6.07, 6.45) is 0. The Hall–Kier alpha value is -4.26. The number of carbonyl (C=O) groups excluding carboxylic acids is 2. The zero-order chi connectivity index (χ0) is 28.1. The van der Waals surface area contributed by atoms with E-state index in [-0.39, 0.29) is 17.9 Å². The van der Waals surface area contributed by atoms with E-state index in [0.29, 0.717) is 47.5 Å². The zero-order valence-electron chi connectivity index (χ0n) is 23.1. The minimum Gasteiger partial charge on any atom is -0.507 e. The van der Waals surface area contributed by atoms with E-state index in [0.717, 1.165) is 11.1 Å². The topological polar surface area (TPSA) is 85.3 Å². The third-order valence-corrected chi connectivity index (χ3v) is 6.55. The summed E-state index contributed by atoms with van der Waals surface area (Å²) in [4.78, 5) is 28.3. The van der Waals surface area contributed by atoms with Crippen molar-refractivity contribution in [3.05, 3.63) is 94.6 Å². The van der Waals surface area contributed by atoms with Gasteiger partial charge in [-0.3, -0.25) is 9.59 Å². The van der Waals surface area contributed by atoms with Crippen LogP contribution in [0.25, 0.3) is 5.76 Å². The summed E-state index contributed by atoms with van der Waals surface area (Å²) in [5, 5.41) is 11.5. The summed E-state index contributed by atoms with van der Waals surface area (Å²) in [6, 6.07) is 19.1. The Labute approximate surface area is 229 Å². The van der Waals surface area contributed by atoms with Gasteiger partial charge in [0.15, 0.2) is 0 Å². The van der Waals surface area contributed by atoms with Crippen molar-refractivity contribution in [2.24, 2.45) is 5.92 Å². The molecule has 1 saturated heterocycles. The lowest BCUT2D eigenvalue weighted by atomic mass is 9.94. The van der Waals surface area contributed by atoms with Gasteiger partial charge in [0.25, 0.3) is 11.7 Å². The number of aliphatic hydroxyl groups is 1. The number of aliphatic hydroxyl groups excluding tert-OH is 1. The van der Waals surface area contributed by atoms with Gasteiger partial charge < -0.3 is 24.2 Å². The summed E-state index contributed by atoms with van der Waals surface area (Å²) in [5.41, 5.74) is 2.80. The van der Waals surface area contributed by atoms with Gasteiger partial charge in [0.2, 0.25) is 0 Å². The van der Waals surface area contributed by atoms with Crippen molar-refractivity contribution in [3.63, 3.8) is 0 Å². The van der Waals surface area contributed by atoms with Crippen LogP contribution in [0.3, 0.4) is 0 Å². The highest BCUT2D eigenvalue weighted by Gasteiger charge is 2.46. The van der Waals surface area contributed by atoms with Gasteiger partial charge in [-0.05, 0) is 78.9 Å². The Morgan fingerprint density at radius 3 is 2.36 bits per heavy atom. The van der Waals surface area contributed by atoms with Crippen LogP contribution in [0.1, 0.15) is 49.1 Å². The van der Waals surface area contributed by atoms with E-state index in [1.165, 1.54) is 4.90 Å². The Morgan fingerprint density at radius 2 is 1.72 bits per heavy atom. The highest BCUT2D eigenvalue weighted by molar-refractivity contribution is 6.46. The first kappa shape index (κ1) is 27.8. The maximum atomic E-state index is 13.4. The minimum absolute atomic E-state index is 0.0429. The predicted molar refractivity (Wildman–Crippen MR) is 150 cm³/mol. The van der Waals surface area contributed by atoms with Crippen molar-refractivity contribution in [2.75, 3.05) is 20.3 Å². The van der Waals surface area contributed by atoms with E-state index in [1.807, 2.05) is 38.1 Å². The highest BCUT2D eigenvalue weighted by Crippen LogP contribution is 2.41. The molecule has 0 spiro atoms. The molecule has 4 rings (SSSR count). The molecule has 1 heterocycles. The molecule has 0 aliphatic carbocycles. The number of hydrogen-bond acceptors (Lipinski definition) is 6. The second-order valence-electron chi connectivity index (χ2n) is 9.97. The largest absolute Gasteiger partial charge is 0.507 e. The van der Waals surface area contributed by atoms with Gasteiger partial charge in [0.05, 0.1) is 31.9 Å². The molecule has 1 fully saturated rings. The van der Waals surface area contributed by atoms with Gasteiger partial charge in [-0.1, -0.05) is 38.1 Å². The number of Topliss-reactive ketones (excluding diaryl/α,β-unsaturated/α-hetero) is 1. The van der Waals surface area contributed by atoms with Crippen molar-refractivity contribution in [1.82, 2.24) is 4.90 Å². The molecular formula is C32H35NO6. The van der Waals surface area contributed by atoms with Crippen molar-refractivity contribution in [2.45, 2.75) is 40.3 Å². The first-order valence-electron chi connectivity index (χ1n) is 13.1. The molecule has 204 valence electrons. The van der Waals surface area contributed by atoms with Crippen molar-refractivity contribution < 1.29 is 28.9 Å². The number of benzene rings is 3. The number of ether oxygens (including phenoxy) is 3. The molecule has 1 aliphatic heterocycles. The van der Waals surface area contributed by atoms with Gasteiger partial charge in [-0.25, -0.2) is 0 Å². The molecular weight excluding hydrogens is 494 g/mol. The van der Waals surface area contributed by atoms with Crippen LogP contribution in [0.15, 0.2) is 72.3 Å². The van der Waals surface area contributed by atoms with Crippen LogP contribution in [0, 0.1) is 12.8 Å². The van der Waals surface area contributed by atoms with Gasteiger partial charge in [-0.2, -0.15) is 0 Å². The van der Waals surface area contributed by atoms with Crippen molar-refractivity contribution in [1.29, 1.82) is 0 Å². The van der Waals surface area contributed by atoms with Crippen LogP contribution in [-0.4, -0.2) is 42.0 Å². The highest BCUT2D eigenvalue weighted by atomic mass is 16.5. The third kappa shape index (κ3) is 6.08. The maximum Gasteiger partial charge on any atom is 0.295 e. The molecule has 7 heteroatoms. The van der Waals surface area contributed by atoms with Crippen LogP contribution in [0.4, 0.5) is 0 Å². The smallest absolute Gasteiger partial charge is 0.295 e. The lowest BCUT2D eigenvalue weighted by Crippen LogP contribution is -2.29. The molecule has 1 unspecified atom stereocenters. The minimum atomic E-state index is -0.788. The summed E-state index contributed by atoms with van der Waals surface area (Å²) in [7, 11) is 1.57. The van der Waals surface area contributed by atoms with Gasteiger partial charge in [0.1, 0.15) is 23.0 Å². The SMILES string of the molecule is CCOc1cccc(CN2C(=O)C(=O)/C(=C(\O)c3ccc(OCC(C)C)c(C)c3)C2c2ccc(OC)cc2)c1. The Morgan fingerprint density at radius 1 is 0.974 bits per heavy atom. The molecule has 1 amide bonds. The fourth-order valence-electron chi connectivity index (χ4n) is 4.64. The second kappa shape index (κ2) is 12.1. The molecule has 7 nitrogen and oxygen atoms in total. The summed E-state index contributed by atoms with van der Waals surface area (Å²) in [5.74, 6) is 0.780. The quantitative estimate of drug-likeness (QED) is 0.195. The monoisotopic (exact) mass is 529 g/mol. The molecule has 0 aromatic heterocycles. The van der Waals surface area contributed by atoms with Gasteiger partial charge in [0, 0.05) is 12.1 Å². The first-order valence-corrected chi connectivity index (χ1v) is 13.1. The van der Waals surface area contributed by atoms with Crippen LogP contribution < -0.4 is 14.2 Å². The number of ketones is 1. The Kier molecular flexibility index (Phi) is 8.59. The van der Waals surface area contributed by atoms with Crippen LogP contribution in [0.5, 0.6) is 17.2 Å². The summed E-state index contributed by atoms with van der Waals surface area (Å²) >= 11 is 0. The maximum absolute atomic E-state index is 13.4. The number of hydrogen-bond donors (Lipinski definition) is 1. The predicted octanol–water partition coefficient (Wildman–Crippen LogP) is 6.06. The fraction of sp³-hybridized carbons (Fsp3) is 0.312. The molecule has 0 saturated carbocycles. The molecule has 3 aromatic carbocycles. The van der Waals surface area contributed by atoms with E-state index in [9.17, 15) is 14.7 Å². The van der Waals surface area contributed by atoms with Gasteiger partial charge in [-0.15, -0.1) is 0 Å². The van der Waals surface area contributed by atoms with Gasteiger partial charge >= 0.3 is 0 Å². The number of aryl methyl sites for hydroxylation is 1. The van der Waals surface area contributed by atoms with Crippen LogP contribution in [-0.2, 0) is 16.1 Å². The number of likely N-dealkylation sites (tertiary alicyclic amines) is 1. The third-order valence-electron chi connectivity index (χ3n) is 6.55. The van der Waals surface area contributed by atoms with E-state index in [4.69, 9.17) is 14.2 Å². The summed E-state index contributed by atoms with van der Waals surface area (Å²) in [6.45, 7) is 9.18. The number of amides is 1. The van der Waals surface area contributed by atoms with Crippen LogP contribution in [0.2, 0.25) is 0 Å². The molecule has 39 heavy (non-hydrogen) atoms. The average molecular weight is 530 g/mol. The molecule has 1 aliphatic rings. The average Bonchev–Trinajstić information content (AvgIpc) is 3.17. The molecule has 1 N–H and O–H groups in total. The van der Waals surface area contributed by atoms with Crippen molar-refractivity contribution >= 4 is 17.4 Å². The lowest BCUT2D eigenvalue weighted by Gasteiger charge is -2.26. The molecule has 0 bridgehead atoms. The number of rotatable bonds is 10. The number of carbonyl (C=O) groups is 2.